The predicted octanol–water partition coefficient (Wildman–Crippen LogP) is 5.23. The van der Waals surface area contributed by atoms with Gasteiger partial charge in [-0.1, -0.05) is 35.3 Å². The largest absolute Gasteiger partial charge is 0.497 e. The smallest absolute Gasteiger partial charge is 0.229 e. The Hall–Kier alpha value is -2.93. The first-order valence-corrected chi connectivity index (χ1v) is 11.2. The summed E-state index contributed by atoms with van der Waals surface area (Å²) in [7, 11) is 1.18. The third-order valence-electron chi connectivity index (χ3n) is 4.88. The van der Waals surface area contributed by atoms with Crippen LogP contribution < -0.4 is 15.4 Å². The number of hydrogen-bond acceptors (Lipinski definition) is 6. The van der Waals surface area contributed by atoms with Gasteiger partial charge in [-0.2, -0.15) is 4.98 Å². The van der Waals surface area contributed by atoms with Crippen molar-refractivity contribution >= 4 is 28.1 Å². The summed E-state index contributed by atoms with van der Waals surface area (Å²) in [5, 5.41) is 6.78. The molecule has 0 fully saturated rings. The van der Waals surface area contributed by atoms with Gasteiger partial charge in [0.1, 0.15) is 11.6 Å². The van der Waals surface area contributed by atoms with Crippen molar-refractivity contribution in [3.63, 3.8) is 0 Å². The maximum Gasteiger partial charge on any atom is 0.229 e. The number of ether oxygens (including phenoxy) is 1. The lowest BCUT2D eigenvalue weighted by atomic mass is 10.1. The van der Waals surface area contributed by atoms with E-state index in [0.717, 1.165) is 64.8 Å². The fraction of sp³-hybridized carbons (Fsp3) is 0.273. The number of hydrogen-bond donors (Lipinski definition) is 3. The van der Waals surface area contributed by atoms with E-state index >= 15 is 0 Å². The Morgan fingerprint density at radius 3 is 2.76 bits per heavy atom. The molecular formula is C22H25N5OS. The maximum atomic E-state index is 8.43. The molecule has 4 bridgehead atoms. The third-order valence-corrected chi connectivity index (χ3v) is 6.40. The van der Waals surface area contributed by atoms with Crippen molar-refractivity contribution in [1.29, 1.82) is 4.78 Å². The van der Waals surface area contributed by atoms with Crippen molar-refractivity contribution in [3.8, 4) is 16.9 Å². The fourth-order valence-electron chi connectivity index (χ4n) is 3.29. The lowest BCUT2D eigenvalue weighted by molar-refractivity contribution is 0.415. The number of fused-ring (bicyclic) bond motifs is 4. The van der Waals surface area contributed by atoms with Crippen LogP contribution in [0.5, 0.6) is 5.75 Å². The number of anilines is 3. The summed E-state index contributed by atoms with van der Waals surface area (Å²) in [4.78, 5) is 10.3. The molecule has 0 saturated heterocycles. The highest BCUT2D eigenvalue weighted by atomic mass is 32.2. The van der Waals surface area contributed by atoms with Gasteiger partial charge >= 0.3 is 0 Å². The van der Waals surface area contributed by atoms with Crippen LogP contribution in [0.15, 0.2) is 59.6 Å². The molecule has 2 heterocycles. The van der Waals surface area contributed by atoms with E-state index in [2.05, 4.69) is 15.6 Å². The summed E-state index contributed by atoms with van der Waals surface area (Å²) in [5.41, 5.74) is 2.92. The normalized spacial score (nSPS) is 16.8. The van der Waals surface area contributed by atoms with E-state index in [1.54, 1.807) is 7.11 Å². The molecule has 1 aromatic heterocycles. The predicted molar refractivity (Wildman–Crippen MR) is 119 cm³/mol. The Morgan fingerprint density at radius 1 is 1.07 bits per heavy atom. The van der Waals surface area contributed by atoms with Crippen molar-refractivity contribution in [2.24, 2.45) is 0 Å². The van der Waals surface area contributed by atoms with Crippen LogP contribution in [-0.2, 0) is 10.7 Å². The fourth-order valence-corrected chi connectivity index (χ4v) is 4.53. The Labute approximate surface area is 173 Å². The van der Waals surface area contributed by atoms with Gasteiger partial charge in [-0.05, 0) is 48.7 Å². The zero-order chi connectivity index (χ0) is 20.1. The van der Waals surface area contributed by atoms with Crippen molar-refractivity contribution in [2.75, 3.05) is 30.0 Å². The molecule has 1 unspecified atom stereocenters. The summed E-state index contributed by atoms with van der Waals surface area (Å²) in [5.74, 6) is 3.10. The first-order chi connectivity index (χ1) is 14.2. The molecule has 4 rings (SSSR count). The van der Waals surface area contributed by atoms with Gasteiger partial charge in [-0.3, -0.25) is 4.78 Å². The summed E-state index contributed by atoms with van der Waals surface area (Å²) < 4.78 is 13.7. The van der Waals surface area contributed by atoms with Gasteiger partial charge in [0.15, 0.2) is 0 Å². The first kappa shape index (κ1) is 19.4. The second-order valence-electron chi connectivity index (χ2n) is 6.92. The zero-order valence-corrected chi connectivity index (χ0v) is 17.3. The number of nitrogens with one attached hydrogen (secondary N) is 3. The Kier molecular flexibility index (Phi) is 6.05. The number of aromatic nitrogens is 2. The van der Waals surface area contributed by atoms with Gasteiger partial charge in [-0.25, -0.2) is 4.98 Å². The van der Waals surface area contributed by atoms with Gasteiger partial charge in [0.2, 0.25) is 5.95 Å². The van der Waals surface area contributed by atoms with Gasteiger partial charge in [0, 0.05) is 34.6 Å². The molecule has 2 aromatic carbocycles. The molecule has 1 aliphatic heterocycles. The highest BCUT2D eigenvalue weighted by Crippen LogP contribution is 2.29. The Bertz CT molecular complexity index is 1010. The van der Waals surface area contributed by atoms with Crippen molar-refractivity contribution in [1.82, 2.24) is 9.97 Å². The van der Waals surface area contributed by atoms with Gasteiger partial charge in [-0.15, -0.1) is 0 Å². The summed E-state index contributed by atoms with van der Waals surface area (Å²) in [6, 6.07) is 16.0. The quantitative estimate of drug-likeness (QED) is 0.542. The van der Waals surface area contributed by atoms with E-state index < -0.39 is 10.7 Å². The number of rotatable bonds is 2. The Morgan fingerprint density at radius 2 is 1.93 bits per heavy atom. The zero-order valence-electron chi connectivity index (χ0n) is 16.4. The minimum atomic E-state index is -0.483. The number of benzene rings is 2. The van der Waals surface area contributed by atoms with Crippen molar-refractivity contribution < 1.29 is 4.74 Å². The SMILES string of the molecule is COc1ccc(-c2cnc3nc2NCCCCCS(=N)c2cccc(c2)N3)cc1. The monoisotopic (exact) mass is 407 g/mol. The van der Waals surface area contributed by atoms with E-state index in [1.165, 1.54) is 0 Å². The lowest BCUT2D eigenvalue weighted by Gasteiger charge is -2.15. The second kappa shape index (κ2) is 9.05. The molecule has 0 aliphatic carbocycles. The van der Waals surface area contributed by atoms with Crippen LogP contribution in [0.1, 0.15) is 19.3 Å². The van der Waals surface area contributed by atoms with E-state index in [1.807, 2.05) is 54.7 Å². The molecular weight excluding hydrogens is 382 g/mol. The van der Waals surface area contributed by atoms with E-state index in [4.69, 9.17) is 14.5 Å². The highest BCUT2D eigenvalue weighted by molar-refractivity contribution is 7.86. The summed E-state index contributed by atoms with van der Waals surface area (Å²) in [6.45, 7) is 0.844. The van der Waals surface area contributed by atoms with E-state index in [0.29, 0.717) is 5.95 Å². The second-order valence-corrected chi connectivity index (χ2v) is 8.58. The van der Waals surface area contributed by atoms with Crippen molar-refractivity contribution in [2.45, 2.75) is 24.2 Å². The molecule has 1 atom stereocenters. The minimum Gasteiger partial charge on any atom is -0.497 e. The molecule has 0 amide bonds. The van der Waals surface area contributed by atoms with Crippen LogP contribution in [0.3, 0.4) is 0 Å². The van der Waals surface area contributed by atoms with E-state index in [-0.39, 0.29) is 0 Å². The molecule has 0 spiro atoms. The molecule has 29 heavy (non-hydrogen) atoms. The van der Waals surface area contributed by atoms with Gasteiger partial charge < -0.3 is 15.4 Å². The average molecular weight is 408 g/mol. The number of nitrogens with zero attached hydrogens (tertiary/aromatic N) is 2. The molecule has 1 aliphatic rings. The standard InChI is InChI=1S/C22H25N5OS/c1-28-18-10-8-16(9-11-18)20-15-25-22-26-17-6-5-7-19(14-17)29(23)13-4-2-3-12-24-21(20)27-22/h5-11,14-15,23H,2-4,12-13H2,1H3,(H2,24,25,26,27). The molecule has 3 N–H and O–H groups in total. The molecule has 0 radical (unpaired) electrons. The van der Waals surface area contributed by atoms with Crippen LogP contribution in [-0.4, -0.2) is 29.4 Å². The van der Waals surface area contributed by atoms with Crippen LogP contribution >= 0.6 is 0 Å². The maximum absolute atomic E-state index is 8.43. The molecule has 6 nitrogen and oxygen atoms in total. The highest BCUT2D eigenvalue weighted by Gasteiger charge is 2.11. The van der Waals surface area contributed by atoms with Gasteiger partial charge in [0.25, 0.3) is 0 Å². The average Bonchev–Trinajstić information content (AvgIpc) is 2.76. The summed E-state index contributed by atoms with van der Waals surface area (Å²) in [6.07, 6.45) is 5.06. The van der Waals surface area contributed by atoms with Gasteiger partial charge in [0.05, 0.1) is 7.11 Å². The Balaban J connectivity index is 1.69. The van der Waals surface area contributed by atoms with Crippen LogP contribution in [0.2, 0.25) is 0 Å². The van der Waals surface area contributed by atoms with E-state index in [9.17, 15) is 0 Å². The molecule has 0 saturated carbocycles. The number of methoxy groups -OCH3 is 1. The summed E-state index contributed by atoms with van der Waals surface area (Å²) >= 11 is 0. The third kappa shape index (κ3) is 4.74. The minimum absolute atomic E-state index is 0.483. The molecule has 150 valence electrons. The molecule has 7 heteroatoms. The van der Waals surface area contributed by atoms with Crippen LogP contribution in [0.4, 0.5) is 17.5 Å². The first-order valence-electron chi connectivity index (χ1n) is 9.77. The van der Waals surface area contributed by atoms with Crippen LogP contribution in [0, 0.1) is 4.78 Å². The van der Waals surface area contributed by atoms with Crippen molar-refractivity contribution in [3.05, 3.63) is 54.7 Å². The van der Waals surface area contributed by atoms with Crippen LogP contribution in [0.25, 0.3) is 11.1 Å². The molecule has 3 aromatic rings. The lowest BCUT2D eigenvalue weighted by Crippen LogP contribution is -2.09. The topological polar surface area (TPSA) is 82.9 Å².